The minimum absolute atomic E-state index is 0.00455. The van der Waals surface area contributed by atoms with Crippen molar-refractivity contribution in [1.29, 1.82) is 0 Å². The highest BCUT2D eigenvalue weighted by atomic mass is 32.2. The van der Waals surface area contributed by atoms with E-state index in [2.05, 4.69) is 38.3 Å². The first-order valence-electron chi connectivity index (χ1n) is 6.58. The summed E-state index contributed by atoms with van der Waals surface area (Å²) in [7, 11) is 0. The molecule has 100 valence electrons. The third kappa shape index (κ3) is 5.77. The molecule has 1 fully saturated rings. The van der Waals surface area contributed by atoms with Crippen LogP contribution in [0.5, 0.6) is 0 Å². The number of rotatable bonds is 5. The summed E-state index contributed by atoms with van der Waals surface area (Å²) in [4.78, 5) is 11.8. The first kappa shape index (κ1) is 14.8. The third-order valence-corrected chi connectivity index (χ3v) is 4.28. The molecule has 0 aromatic rings. The number of nitrogens with one attached hydrogen (secondary N) is 2. The monoisotopic (exact) mass is 258 g/mol. The van der Waals surface area contributed by atoms with Crippen LogP contribution in [0.3, 0.4) is 0 Å². The topological polar surface area (TPSA) is 41.1 Å². The fourth-order valence-electron chi connectivity index (χ4n) is 2.11. The van der Waals surface area contributed by atoms with Crippen LogP contribution in [0.4, 0.5) is 0 Å². The average molecular weight is 258 g/mol. The molecule has 17 heavy (non-hydrogen) atoms. The number of thioether (sulfide) groups is 1. The van der Waals surface area contributed by atoms with E-state index in [1.54, 1.807) is 0 Å². The van der Waals surface area contributed by atoms with Gasteiger partial charge in [-0.25, -0.2) is 0 Å². The first-order valence-corrected chi connectivity index (χ1v) is 7.63. The van der Waals surface area contributed by atoms with Gasteiger partial charge in [-0.15, -0.1) is 0 Å². The standard InChI is InChI=1S/C13H26N2OS/c1-5-17-11-8-6-7-10(11)15-12(16)9-14-13(2,3)4/h10-11,14H,5-9H2,1-4H3,(H,15,16). The van der Waals surface area contributed by atoms with E-state index in [4.69, 9.17) is 0 Å². The van der Waals surface area contributed by atoms with Gasteiger partial charge in [0.1, 0.15) is 0 Å². The lowest BCUT2D eigenvalue weighted by molar-refractivity contribution is -0.121. The van der Waals surface area contributed by atoms with Crippen LogP contribution in [-0.4, -0.2) is 35.0 Å². The van der Waals surface area contributed by atoms with Gasteiger partial charge in [-0.1, -0.05) is 13.3 Å². The van der Waals surface area contributed by atoms with Crippen LogP contribution in [-0.2, 0) is 4.79 Å². The molecule has 0 aromatic carbocycles. The molecular weight excluding hydrogens is 232 g/mol. The lowest BCUT2D eigenvalue weighted by atomic mass is 10.1. The van der Waals surface area contributed by atoms with Crippen molar-refractivity contribution in [3.8, 4) is 0 Å². The average Bonchev–Trinajstić information content (AvgIpc) is 2.63. The van der Waals surface area contributed by atoms with E-state index in [-0.39, 0.29) is 11.4 Å². The number of hydrogen-bond donors (Lipinski definition) is 2. The normalized spacial score (nSPS) is 24.9. The fourth-order valence-corrected chi connectivity index (χ4v) is 3.31. The maximum absolute atomic E-state index is 11.8. The summed E-state index contributed by atoms with van der Waals surface area (Å²) in [6, 6.07) is 0.384. The highest BCUT2D eigenvalue weighted by Gasteiger charge is 2.28. The molecule has 4 heteroatoms. The Morgan fingerprint density at radius 2 is 2.06 bits per heavy atom. The second-order valence-corrected chi connectivity index (χ2v) is 7.22. The Balaban J connectivity index is 2.30. The van der Waals surface area contributed by atoms with Crippen LogP contribution in [0.15, 0.2) is 0 Å². The zero-order valence-electron chi connectivity index (χ0n) is 11.5. The van der Waals surface area contributed by atoms with Crippen molar-refractivity contribution in [2.75, 3.05) is 12.3 Å². The van der Waals surface area contributed by atoms with Gasteiger partial charge in [-0.05, 0) is 39.4 Å². The van der Waals surface area contributed by atoms with Gasteiger partial charge < -0.3 is 10.6 Å². The molecule has 0 radical (unpaired) electrons. The van der Waals surface area contributed by atoms with Gasteiger partial charge in [0.25, 0.3) is 0 Å². The molecule has 3 nitrogen and oxygen atoms in total. The zero-order chi connectivity index (χ0) is 12.9. The molecule has 1 amide bonds. The molecule has 0 spiro atoms. The van der Waals surface area contributed by atoms with E-state index in [0.717, 1.165) is 12.2 Å². The minimum Gasteiger partial charge on any atom is -0.351 e. The SMILES string of the molecule is CCSC1CCCC1NC(=O)CNC(C)(C)C. The summed E-state index contributed by atoms with van der Waals surface area (Å²) in [5, 5.41) is 7.01. The minimum atomic E-state index is 0.00455. The second-order valence-electron chi connectivity index (χ2n) is 5.70. The Hall–Kier alpha value is -0.220. The van der Waals surface area contributed by atoms with E-state index >= 15 is 0 Å². The number of amides is 1. The van der Waals surface area contributed by atoms with Crippen molar-refractivity contribution in [2.45, 2.75) is 63.8 Å². The van der Waals surface area contributed by atoms with Crippen LogP contribution in [0.2, 0.25) is 0 Å². The third-order valence-electron chi connectivity index (χ3n) is 2.96. The van der Waals surface area contributed by atoms with Crippen LogP contribution in [0.25, 0.3) is 0 Å². The van der Waals surface area contributed by atoms with Gasteiger partial charge in [0, 0.05) is 16.8 Å². The van der Waals surface area contributed by atoms with E-state index < -0.39 is 0 Å². The van der Waals surface area contributed by atoms with Gasteiger partial charge in [-0.3, -0.25) is 4.79 Å². The number of carbonyl (C=O) groups is 1. The van der Waals surface area contributed by atoms with Crippen molar-refractivity contribution in [2.24, 2.45) is 0 Å². The molecule has 0 aliphatic heterocycles. The Morgan fingerprint density at radius 3 is 2.65 bits per heavy atom. The van der Waals surface area contributed by atoms with Crippen molar-refractivity contribution >= 4 is 17.7 Å². The summed E-state index contributed by atoms with van der Waals surface area (Å²) in [6.07, 6.45) is 3.63. The smallest absolute Gasteiger partial charge is 0.234 e. The zero-order valence-corrected chi connectivity index (χ0v) is 12.3. The molecule has 2 unspecified atom stereocenters. The van der Waals surface area contributed by atoms with Crippen molar-refractivity contribution in [3.63, 3.8) is 0 Å². The summed E-state index contributed by atoms with van der Waals surface area (Å²) in [6.45, 7) is 8.83. The lowest BCUT2D eigenvalue weighted by Crippen LogP contribution is -2.47. The van der Waals surface area contributed by atoms with Gasteiger partial charge >= 0.3 is 0 Å². The maximum atomic E-state index is 11.8. The van der Waals surface area contributed by atoms with Gasteiger partial charge in [0.05, 0.1) is 6.54 Å². The molecule has 0 heterocycles. The fraction of sp³-hybridized carbons (Fsp3) is 0.923. The predicted octanol–water partition coefficient (Wildman–Crippen LogP) is 2.16. The Kier molecular flexibility index (Phi) is 5.80. The number of carbonyl (C=O) groups excluding carboxylic acids is 1. The van der Waals surface area contributed by atoms with Crippen molar-refractivity contribution < 1.29 is 4.79 Å². The van der Waals surface area contributed by atoms with E-state index in [0.29, 0.717) is 17.8 Å². The Bertz CT molecular complexity index is 250. The summed E-state index contributed by atoms with van der Waals surface area (Å²) in [5.41, 5.74) is 0.00455. The second kappa shape index (κ2) is 6.64. The van der Waals surface area contributed by atoms with Crippen LogP contribution in [0.1, 0.15) is 47.0 Å². The molecule has 1 aliphatic carbocycles. The van der Waals surface area contributed by atoms with Crippen LogP contribution >= 0.6 is 11.8 Å². The highest BCUT2D eigenvalue weighted by Crippen LogP contribution is 2.29. The Morgan fingerprint density at radius 1 is 1.35 bits per heavy atom. The summed E-state index contributed by atoms with van der Waals surface area (Å²) < 4.78 is 0. The van der Waals surface area contributed by atoms with E-state index in [9.17, 15) is 4.79 Å². The molecule has 1 aliphatic rings. The molecule has 2 N–H and O–H groups in total. The molecule has 1 saturated carbocycles. The maximum Gasteiger partial charge on any atom is 0.234 e. The van der Waals surface area contributed by atoms with Crippen LogP contribution in [0, 0.1) is 0 Å². The van der Waals surface area contributed by atoms with Crippen molar-refractivity contribution in [1.82, 2.24) is 10.6 Å². The highest BCUT2D eigenvalue weighted by molar-refractivity contribution is 7.99. The number of hydrogen-bond acceptors (Lipinski definition) is 3. The van der Waals surface area contributed by atoms with E-state index in [1.807, 2.05) is 11.8 Å². The van der Waals surface area contributed by atoms with E-state index in [1.165, 1.54) is 12.8 Å². The quantitative estimate of drug-likeness (QED) is 0.794. The molecule has 0 bridgehead atoms. The Labute approximate surface area is 109 Å². The predicted molar refractivity (Wildman–Crippen MR) is 75.5 cm³/mol. The molecule has 1 rings (SSSR count). The largest absolute Gasteiger partial charge is 0.351 e. The van der Waals surface area contributed by atoms with Crippen molar-refractivity contribution in [3.05, 3.63) is 0 Å². The molecule has 2 atom stereocenters. The van der Waals surface area contributed by atoms with Crippen LogP contribution < -0.4 is 10.6 Å². The molecular formula is C13H26N2OS. The van der Waals surface area contributed by atoms with Gasteiger partial charge in [0.2, 0.25) is 5.91 Å². The van der Waals surface area contributed by atoms with Gasteiger partial charge in [-0.2, -0.15) is 11.8 Å². The lowest BCUT2D eigenvalue weighted by Gasteiger charge is -2.23. The molecule has 0 saturated heterocycles. The summed E-state index contributed by atoms with van der Waals surface area (Å²) >= 11 is 1.98. The summed E-state index contributed by atoms with van der Waals surface area (Å²) in [5.74, 6) is 1.27. The first-order chi connectivity index (χ1) is 7.92. The van der Waals surface area contributed by atoms with Gasteiger partial charge in [0.15, 0.2) is 0 Å². The molecule has 0 aromatic heterocycles.